The summed E-state index contributed by atoms with van der Waals surface area (Å²) in [7, 11) is -4.76. The lowest BCUT2D eigenvalue weighted by molar-refractivity contribution is -0.137. The third-order valence-corrected chi connectivity index (χ3v) is 11.3. The molecule has 1 aliphatic heterocycles. The van der Waals surface area contributed by atoms with E-state index in [1.165, 1.54) is 106 Å². The number of hydrogen-bond acceptors (Lipinski definition) is 11. The minimum atomic E-state index is -4.76. The highest BCUT2D eigenvalue weighted by molar-refractivity contribution is 7.47. The molecule has 1 saturated heterocycles. The van der Waals surface area contributed by atoms with Crippen LogP contribution in [-0.2, 0) is 46.2 Å². The number of hydrogen-bond donors (Lipinski definition) is 3. The van der Waals surface area contributed by atoms with E-state index in [1.807, 2.05) is 0 Å². The zero-order valence-electron chi connectivity index (χ0n) is 33.6. The largest absolute Gasteiger partial charge is 0.472 e. The van der Waals surface area contributed by atoms with E-state index >= 15 is 0 Å². The number of phosphoric ester groups is 1. The maximum atomic E-state index is 13.0. The minimum Gasteiger partial charge on any atom is -0.390 e. The van der Waals surface area contributed by atoms with E-state index < -0.39 is 56.7 Å². The second-order valence-electron chi connectivity index (χ2n) is 15.1. The Bertz CT molecular complexity index is 1730. The van der Waals surface area contributed by atoms with Crippen LogP contribution in [0.5, 0.6) is 0 Å². The monoisotopic (exact) mass is 839 g/mol. The van der Waals surface area contributed by atoms with Crippen molar-refractivity contribution >= 4 is 19.2 Å². The van der Waals surface area contributed by atoms with Crippen molar-refractivity contribution in [1.29, 1.82) is 5.26 Å². The van der Waals surface area contributed by atoms with Gasteiger partial charge < -0.3 is 29.9 Å². The van der Waals surface area contributed by atoms with Gasteiger partial charge in [0.2, 0.25) is 0 Å². The number of nitrogens with zero attached hydrogens (tertiary/aromatic N) is 4. The molecule has 0 radical (unpaired) electrons. The van der Waals surface area contributed by atoms with Gasteiger partial charge in [0.05, 0.1) is 43.8 Å². The Kier molecular flexibility index (Phi) is 19.8. The summed E-state index contributed by atoms with van der Waals surface area (Å²) in [5, 5.41) is 25.0. The lowest BCUT2D eigenvalue weighted by atomic mass is 9.96. The van der Waals surface area contributed by atoms with Crippen LogP contribution in [0.25, 0.3) is 5.52 Å². The van der Waals surface area contributed by atoms with E-state index in [-0.39, 0.29) is 31.1 Å². The Morgan fingerprint density at radius 1 is 0.948 bits per heavy atom. The van der Waals surface area contributed by atoms with E-state index in [9.17, 15) is 33.0 Å². The van der Waals surface area contributed by atoms with Crippen LogP contribution < -0.4 is 5.73 Å². The first-order valence-corrected chi connectivity index (χ1v) is 22.2. The topological polar surface area (TPSA) is 184 Å². The van der Waals surface area contributed by atoms with Gasteiger partial charge in [-0.2, -0.15) is 23.5 Å². The van der Waals surface area contributed by atoms with Crippen LogP contribution in [0.15, 0.2) is 42.7 Å². The maximum absolute atomic E-state index is 13.0. The quantitative estimate of drug-likeness (QED) is 0.0446. The van der Waals surface area contributed by atoms with Crippen molar-refractivity contribution in [1.82, 2.24) is 14.6 Å². The number of phosphoric acid groups is 1. The van der Waals surface area contributed by atoms with Gasteiger partial charge in [-0.25, -0.2) is 14.1 Å². The number of alkyl halides is 3. The molecule has 13 nitrogen and oxygen atoms in total. The van der Waals surface area contributed by atoms with E-state index in [1.54, 1.807) is 12.1 Å². The molecule has 3 heterocycles. The predicted molar refractivity (Wildman–Crippen MR) is 212 cm³/mol. The number of ether oxygens (including phenoxy) is 3. The number of nitriles is 1. The molecular weight excluding hydrogens is 778 g/mol. The molecule has 3 aromatic rings. The Morgan fingerprint density at radius 2 is 1.55 bits per heavy atom. The number of benzene rings is 1. The molecule has 0 spiro atoms. The molecule has 324 valence electrons. The number of nitrogen functional groups attached to an aromatic ring is 1. The fourth-order valence-corrected chi connectivity index (χ4v) is 7.77. The number of aliphatic hydroxyl groups is 1. The molecule has 0 bridgehead atoms. The summed E-state index contributed by atoms with van der Waals surface area (Å²) in [6.07, 6.45) is 13.2. The Balaban J connectivity index is 1.18. The first-order valence-electron chi connectivity index (χ1n) is 20.7. The summed E-state index contributed by atoms with van der Waals surface area (Å²) >= 11 is 0. The summed E-state index contributed by atoms with van der Waals surface area (Å²) in [6, 6.07) is 9.77. The van der Waals surface area contributed by atoms with Crippen LogP contribution in [0, 0.1) is 11.3 Å². The van der Waals surface area contributed by atoms with Gasteiger partial charge in [-0.1, -0.05) is 115 Å². The minimum absolute atomic E-state index is 0.00610. The Hall–Kier alpha value is -3.13. The maximum Gasteiger partial charge on any atom is 0.472 e. The number of halogens is 3. The SMILES string of the molecule is CCCCCCCCCCCCCCCCCCOC[C@H](COP(=O)(O)OC[C@H]1O[C@@](C#N)(c2ccc3c(N)ncnn23)C[C@@H]1O)OCc1ccc(C(F)(F)F)cc1. The number of rotatable bonds is 29. The summed E-state index contributed by atoms with van der Waals surface area (Å²) in [5.41, 5.74) is 4.64. The molecule has 0 aliphatic carbocycles. The molecule has 4 N–H and O–H groups in total. The van der Waals surface area contributed by atoms with Crippen molar-refractivity contribution in [2.45, 2.75) is 153 Å². The highest BCUT2D eigenvalue weighted by atomic mass is 31.2. The molecule has 5 atom stereocenters. The van der Waals surface area contributed by atoms with E-state index in [4.69, 9.17) is 29.0 Å². The Morgan fingerprint density at radius 3 is 2.14 bits per heavy atom. The third kappa shape index (κ3) is 15.5. The van der Waals surface area contributed by atoms with E-state index in [0.29, 0.717) is 17.7 Å². The standard InChI is InChI=1S/C41H61F3N5O8P/c1-2-3-4-5-6-7-8-9-10-11-12-13-14-15-16-17-24-53-27-34(54-26-32-18-20-33(21-19-32)41(42,43)44)28-55-58(51,52)56-29-37-36(50)25-40(30-45,57-37)38-23-22-35-39(46)47-31-48-49(35)38/h18-23,31,34,36-37,50H,2-17,24-29H2,1H3,(H,51,52)(H2,46,47,48)/t34-,36+,37-,40+/m1/s1. The smallest absolute Gasteiger partial charge is 0.390 e. The van der Waals surface area contributed by atoms with Crippen LogP contribution in [0.4, 0.5) is 19.0 Å². The number of aliphatic hydroxyl groups excluding tert-OH is 1. The van der Waals surface area contributed by atoms with Gasteiger partial charge in [-0.3, -0.25) is 9.05 Å². The van der Waals surface area contributed by atoms with Crippen molar-refractivity contribution in [3.8, 4) is 6.07 Å². The predicted octanol–water partition coefficient (Wildman–Crippen LogP) is 9.20. The van der Waals surface area contributed by atoms with E-state index in [0.717, 1.165) is 31.4 Å². The zero-order valence-corrected chi connectivity index (χ0v) is 34.5. The van der Waals surface area contributed by atoms with Crippen LogP contribution in [0.1, 0.15) is 133 Å². The molecule has 1 fully saturated rings. The summed E-state index contributed by atoms with van der Waals surface area (Å²) in [5.74, 6) is 0.179. The molecule has 4 rings (SSSR count). The van der Waals surface area contributed by atoms with Gasteiger partial charge >= 0.3 is 14.0 Å². The van der Waals surface area contributed by atoms with E-state index in [2.05, 4.69) is 23.1 Å². The summed E-state index contributed by atoms with van der Waals surface area (Å²) < 4.78 is 81.6. The lowest BCUT2D eigenvalue weighted by Gasteiger charge is -2.23. The Labute approximate surface area is 340 Å². The van der Waals surface area contributed by atoms with Crippen LogP contribution in [-0.4, -0.2) is 69.3 Å². The second-order valence-corrected chi connectivity index (χ2v) is 16.5. The highest BCUT2D eigenvalue weighted by Crippen LogP contribution is 2.46. The number of anilines is 1. The number of nitrogens with two attached hydrogens (primary N) is 1. The first-order chi connectivity index (χ1) is 27.9. The van der Waals surface area contributed by atoms with Crippen molar-refractivity contribution < 1.29 is 51.0 Å². The molecule has 0 saturated carbocycles. The van der Waals surface area contributed by atoms with Crippen molar-refractivity contribution in [3.05, 3.63) is 59.5 Å². The van der Waals surface area contributed by atoms with Gasteiger partial charge in [0.1, 0.15) is 30.1 Å². The average molecular weight is 840 g/mol. The van der Waals surface area contributed by atoms with Crippen LogP contribution >= 0.6 is 7.82 Å². The van der Waals surface area contributed by atoms with Crippen LogP contribution in [0.2, 0.25) is 0 Å². The molecule has 2 aromatic heterocycles. The van der Waals surface area contributed by atoms with Gasteiger partial charge in [0.25, 0.3) is 0 Å². The first kappa shape index (κ1) is 47.5. The van der Waals surface area contributed by atoms with Crippen molar-refractivity contribution in [2.24, 2.45) is 0 Å². The number of aromatic nitrogens is 3. The van der Waals surface area contributed by atoms with Gasteiger partial charge in [0, 0.05) is 13.0 Å². The third-order valence-electron chi connectivity index (χ3n) is 10.4. The second kappa shape index (κ2) is 24.2. The van der Waals surface area contributed by atoms with Crippen molar-refractivity contribution in [2.75, 3.05) is 32.2 Å². The molecule has 1 aliphatic rings. The van der Waals surface area contributed by atoms with Crippen LogP contribution in [0.3, 0.4) is 0 Å². The highest BCUT2D eigenvalue weighted by Gasteiger charge is 2.50. The average Bonchev–Trinajstić information content (AvgIpc) is 3.79. The lowest BCUT2D eigenvalue weighted by Crippen LogP contribution is -2.29. The van der Waals surface area contributed by atoms with Gasteiger partial charge in [-0.05, 0) is 36.2 Å². The fourth-order valence-electron chi connectivity index (χ4n) is 7.01. The zero-order chi connectivity index (χ0) is 41.9. The van der Waals surface area contributed by atoms with Crippen molar-refractivity contribution in [3.63, 3.8) is 0 Å². The fraction of sp³-hybridized carbons (Fsp3) is 0.683. The molecule has 1 aromatic carbocycles. The molecule has 58 heavy (non-hydrogen) atoms. The molecule has 0 amide bonds. The molecule has 17 heteroatoms. The molecular formula is C41H61F3N5O8P. The van der Waals surface area contributed by atoms with Gasteiger partial charge in [-0.15, -0.1) is 0 Å². The van der Waals surface area contributed by atoms with Gasteiger partial charge in [0.15, 0.2) is 11.4 Å². The number of fused-ring (bicyclic) bond motifs is 1. The number of unbranched alkanes of at least 4 members (excludes halogenated alkanes) is 15. The molecule has 1 unspecified atom stereocenters. The normalized spacial score (nSPS) is 20.0. The summed E-state index contributed by atoms with van der Waals surface area (Å²) in [4.78, 5) is 14.5. The summed E-state index contributed by atoms with van der Waals surface area (Å²) in [6.45, 7) is 1.53.